The minimum atomic E-state index is -0.0372. The molecule has 3 heteroatoms. The number of nitrogens with two attached hydrogens (primary N) is 1. The van der Waals surface area contributed by atoms with Gasteiger partial charge in [-0.1, -0.05) is 12.1 Å². The second-order valence-electron chi connectivity index (χ2n) is 5.33. The minimum absolute atomic E-state index is 0.0372. The van der Waals surface area contributed by atoms with Crippen molar-refractivity contribution in [3.63, 3.8) is 0 Å². The number of hydrogen-bond donors (Lipinski definition) is 1. The Morgan fingerprint density at radius 1 is 1.35 bits per heavy atom. The number of aryl methyl sites for hydroxylation is 1. The Bertz CT molecular complexity index is 411. The zero-order valence-electron chi connectivity index (χ0n) is 11.2. The maximum absolute atomic E-state index is 6.37. The smallest absolute Gasteiger partial charge is 0.121 e. The molecule has 0 spiro atoms. The monoisotopic (exact) mass is 234 g/mol. The van der Waals surface area contributed by atoms with Crippen molar-refractivity contribution in [2.24, 2.45) is 5.73 Å². The lowest BCUT2D eigenvalue weighted by atomic mass is 9.95. The number of rotatable bonds is 4. The molecule has 3 nitrogen and oxygen atoms in total. The topological polar surface area (TPSA) is 38.5 Å². The summed E-state index contributed by atoms with van der Waals surface area (Å²) in [4.78, 5) is 2.22. The lowest BCUT2D eigenvalue weighted by molar-refractivity contribution is 0.245. The van der Waals surface area contributed by atoms with Crippen molar-refractivity contribution >= 4 is 0 Å². The van der Waals surface area contributed by atoms with E-state index in [-0.39, 0.29) is 5.54 Å². The maximum atomic E-state index is 6.37. The van der Waals surface area contributed by atoms with Gasteiger partial charge in [0, 0.05) is 5.54 Å². The molecule has 1 unspecified atom stereocenters. The van der Waals surface area contributed by atoms with Crippen LogP contribution in [0, 0.1) is 6.92 Å². The fourth-order valence-electron chi connectivity index (χ4n) is 2.63. The fraction of sp³-hybridized carbons (Fsp3) is 0.571. The molecule has 0 aliphatic heterocycles. The third-order valence-corrected chi connectivity index (χ3v) is 3.62. The molecule has 1 aromatic rings. The van der Waals surface area contributed by atoms with Crippen molar-refractivity contribution in [3.05, 3.63) is 29.3 Å². The van der Waals surface area contributed by atoms with E-state index >= 15 is 0 Å². The number of likely N-dealkylation sites (N-methyl/N-ethyl adjacent to an activating group) is 1. The van der Waals surface area contributed by atoms with Crippen LogP contribution in [-0.2, 0) is 0 Å². The van der Waals surface area contributed by atoms with Crippen molar-refractivity contribution < 1.29 is 4.74 Å². The summed E-state index contributed by atoms with van der Waals surface area (Å²) in [5.74, 6) is 0.938. The predicted octanol–water partition coefficient (Wildman–Crippen LogP) is 2.10. The van der Waals surface area contributed by atoms with E-state index in [0.29, 0.717) is 6.04 Å². The van der Waals surface area contributed by atoms with Gasteiger partial charge >= 0.3 is 0 Å². The average molecular weight is 234 g/mol. The summed E-state index contributed by atoms with van der Waals surface area (Å²) >= 11 is 0. The molecule has 2 N–H and O–H groups in total. The minimum Gasteiger partial charge on any atom is -0.496 e. The van der Waals surface area contributed by atoms with Crippen molar-refractivity contribution in [3.8, 4) is 5.75 Å². The van der Waals surface area contributed by atoms with Crippen LogP contribution in [0.1, 0.15) is 30.0 Å². The quantitative estimate of drug-likeness (QED) is 0.867. The zero-order valence-corrected chi connectivity index (χ0v) is 11.2. The molecule has 1 saturated carbocycles. The van der Waals surface area contributed by atoms with Gasteiger partial charge in [0.1, 0.15) is 5.75 Å². The Balaban J connectivity index is 2.34. The van der Waals surface area contributed by atoms with Gasteiger partial charge in [-0.2, -0.15) is 0 Å². The van der Waals surface area contributed by atoms with Gasteiger partial charge < -0.3 is 15.4 Å². The highest BCUT2D eigenvalue weighted by Crippen LogP contribution is 2.46. The van der Waals surface area contributed by atoms with Crippen molar-refractivity contribution in [2.75, 3.05) is 21.2 Å². The predicted molar refractivity (Wildman–Crippen MR) is 70.3 cm³/mol. The molecule has 1 fully saturated rings. The number of nitrogens with zero attached hydrogens (tertiary/aromatic N) is 1. The highest BCUT2D eigenvalue weighted by Gasteiger charge is 2.47. The Labute approximate surface area is 104 Å². The molecule has 0 heterocycles. The van der Waals surface area contributed by atoms with Crippen LogP contribution in [0.15, 0.2) is 18.2 Å². The van der Waals surface area contributed by atoms with Gasteiger partial charge in [0.2, 0.25) is 0 Å². The van der Waals surface area contributed by atoms with Gasteiger partial charge in [-0.25, -0.2) is 0 Å². The van der Waals surface area contributed by atoms with Crippen molar-refractivity contribution in [2.45, 2.75) is 31.3 Å². The number of benzene rings is 1. The second-order valence-corrected chi connectivity index (χ2v) is 5.33. The fourth-order valence-corrected chi connectivity index (χ4v) is 2.63. The van der Waals surface area contributed by atoms with E-state index in [2.05, 4.69) is 38.1 Å². The van der Waals surface area contributed by atoms with Crippen LogP contribution < -0.4 is 10.5 Å². The first-order valence-electron chi connectivity index (χ1n) is 6.08. The summed E-state index contributed by atoms with van der Waals surface area (Å²) in [5, 5.41) is 0. The summed E-state index contributed by atoms with van der Waals surface area (Å²) in [6.07, 6.45) is 2.22. The highest BCUT2D eigenvalue weighted by molar-refractivity contribution is 5.39. The van der Waals surface area contributed by atoms with E-state index in [1.165, 1.54) is 11.1 Å². The normalized spacial score (nSPS) is 19.2. The van der Waals surface area contributed by atoms with Crippen LogP contribution in [0.4, 0.5) is 0 Å². The summed E-state index contributed by atoms with van der Waals surface area (Å²) in [6.45, 7) is 2.07. The molecular formula is C14H22N2O. The lowest BCUT2D eigenvalue weighted by Crippen LogP contribution is -2.39. The summed E-state index contributed by atoms with van der Waals surface area (Å²) < 4.78 is 5.30. The van der Waals surface area contributed by atoms with E-state index in [1.54, 1.807) is 7.11 Å². The van der Waals surface area contributed by atoms with Gasteiger partial charge in [-0.05, 0) is 51.1 Å². The maximum Gasteiger partial charge on any atom is 0.121 e. The lowest BCUT2D eigenvalue weighted by Gasteiger charge is -2.31. The molecule has 0 bridgehead atoms. The van der Waals surface area contributed by atoms with Crippen LogP contribution >= 0.6 is 0 Å². The van der Waals surface area contributed by atoms with E-state index in [9.17, 15) is 0 Å². The molecule has 1 aliphatic rings. The first-order chi connectivity index (χ1) is 7.98. The van der Waals surface area contributed by atoms with Gasteiger partial charge in [-0.3, -0.25) is 0 Å². The van der Waals surface area contributed by atoms with Crippen molar-refractivity contribution in [1.29, 1.82) is 0 Å². The molecule has 1 atom stereocenters. The van der Waals surface area contributed by atoms with Gasteiger partial charge in [0.05, 0.1) is 13.2 Å². The number of hydrogen-bond acceptors (Lipinski definition) is 3. The SMILES string of the molecule is COc1ccc(C(N(C)C)C2(N)CC2)cc1C. The van der Waals surface area contributed by atoms with Crippen LogP contribution in [0.25, 0.3) is 0 Å². The third-order valence-electron chi connectivity index (χ3n) is 3.62. The van der Waals surface area contributed by atoms with Gasteiger partial charge in [0.15, 0.2) is 0 Å². The Morgan fingerprint density at radius 3 is 2.41 bits per heavy atom. The van der Waals surface area contributed by atoms with Gasteiger partial charge in [-0.15, -0.1) is 0 Å². The molecular weight excluding hydrogens is 212 g/mol. The number of ether oxygens (including phenoxy) is 1. The Kier molecular flexibility index (Phi) is 3.15. The third kappa shape index (κ3) is 2.31. The summed E-state index contributed by atoms with van der Waals surface area (Å²) in [5.41, 5.74) is 8.79. The highest BCUT2D eigenvalue weighted by atomic mass is 16.5. The first-order valence-corrected chi connectivity index (χ1v) is 6.08. The molecule has 0 radical (unpaired) electrons. The molecule has 2 rings (SSSR count). The van der Waals surface area contributed by atoms with E-state index < -0.39 is 0 Å². The largest absolute Gasteiger partial charge is 0.496 e. The van der Waals surface area contributed by atoms with E-state index in [4.69, 9.17) is 10.5 Å². The Morgan fingerprint density at radius 2 is 2.00 bits per heavy atom. The van der Waals surface area contributed by atoms with Crippen molar-refractivity contribution in [1.82, 2.24) is 4.90 Å². The second kappa shape index (κ2) is 4.31. The molecule has 0 amide bonds. The average Bonchev–Trinajstić information content (AvgIpc) is 2.96. The van der Waals surface area contributed by atoms with Crippen LogP contribution in [0.3, 0.4) is 0 Å². The van der Waals surface area contributed by atoms with E-state index in [1.807, 2.05) is 6.07 Å². The van der Waals surface area contributed by atoms with Crippen LogP contribution in [0.2, 0.25) is 0 Å². The first kappa shape index (κ1) is 12.4. The standard InChI is InChI=1S/C14H22N2O/c1-10-9-11(5-6-12(10)17-4)13(16(2)3)14(15)7-8-14/h5-6,9,13H,7-8,15H2,1-4H3. The molecule has 94 valence electrons. The molecule has 1 aromatic carbocycles. The summed E-state index contributed by atoms with van der Waals surface area (Å²) in [7, 11) is 5.89. The van der Waals surface area contributed by atoms with Crippen LogP contribution in [-0.4, -0.2) is 31.6 Å². The molecule has 17 heavy (non-hydrogen) atoms. The van der Waals surface area contributed by atoms with Gasteiger partial charge in [0.25, 0.3) is 0 Å². The van der Waals surface area contributed by atoms with E-state index in [0.717, 1.165) is 18.6 Å². The Hall–Kier alpha value is -1.06. The molecule has 1 aliphatic carbocycles. The number of methoxy groups -OCH3 is 1. The molecule has 0 aromatic heterocycles. The molecule has 0 saturated heterocycles. The van der Waals surface area contributed by atoms with Crippen LogP contribution in [0.5, 0.6) is 5.75 Å². The summed E-state index contributed by atoms with van der Waals surface area (Å²) in [6, 6.07) is 6.65. The zero-order chi connectivity index (χ0) is 12.6.